The van der Waals surface area contributed by atoms with Gasteiger partial charge in [0.2, 0.25) is 5.82 Å². The number of rotatable bonds is 3. The van der Waals surface area contributed by atoms with Crippen molar-refractivity contribution < 1.29 is 4.52 Å². The fraction of sp³-hybridized carbons (Fsp3) is 0. The van der Waals surface area contributed by atoms with Crippen LogP contribution in [0.2, 0.25) is 0 Å². The van der Waals surface area contributed by atoms with E-state index in [0.717, 1.165) is 16.1 Å². The molecule has 0 atom stereocenters. The van der Waals surface area contributed by atoms with Gasteiger partial charge >= 0.3 is 0 Å². The van der Waals surface area contributed by atoms with E-state index in [0.29, 0.717) is 11.7 Å². The molecule has 2 N–H and O–H groups in total. The topological polar surface area (TPSA) is 64.9 Å². The highest BCUT2D eigenvalue weighted by Gasteiger charge is 2.06. The van der Waals surface area contributed by atoms with Gasteiger partial charge in [0.15, 0.2) is 0 Å². The lowest BCUT2D eigenvalue weighted by atomic mass is 10.2. The summed E-state index contributed by atoms with van der Waals surface area (Å²) in [6.45, 7) is 0. The molecule has 3 rings (SSSR count). The standard InChI is InChI=1S/C14H11N3OS/c15-11-4-1-3-10(9-11)6-7-13-16-14(17-18-13)12-5-2-8-19-12/h1-9H,15H2/b7-6+. The first-order chi connectivity index (χ1) is 9.31. The van der Waals surface area contributed by atoms with Crippen LogP contribution in [0.3, 0.4) is 0 Å². The molecule has 0 aliphatic heterocycles. The number of hydrogen-bond acceptors (Lipinski definition) is 5. The van der Waals surface area contributed by atoms with Crippen molar-refractivity contribution in [3.63, 3.8) is 0 Å². The fourth-order valence-electron chi connectivity index (χ4n) is 1.64. The highest BCUT2D eigenvalue weighted by atomic mass is 32.1. The molecule has 0 radical (unpaired) electrons. The number of hydrogen-bond donors (Lipinski definition) is 1. The molecule has 0 aliphatic rings. The van der Waals surface area contributed by atoms with Crippen molar-refractivity contribution in [1.29, 1.82) is 0 Å². The van der Waals surface area contributed by atoms with E-state index in [1.54, 1.807) is 17.4 Å². The molecule has 3 aromatic rings. The summed E-state index contributed by atoms with van der Waals surface area (Å²) < 4.78 is 5.17. The van der Waals surface area contributed by atoms with Gasteiger partial charge in [0.05, 0.1) is 4.88 Å². The third-order valence-electron chi connectivity index (χ3n) is 2.51. The Morgan fingerprint density at radius 2 is 2.11 bits per heavy atom. The van der Waals surface area contributed by atoms with Crippen molar-refractivity contribution in [3.05, 3.63) is 53.2 Å². The van der Waals surface area contributed by atoms with Crippen LogP contribution in [-0.2, 0) is 0 Å². The van der Waals surface area contributed by atoms with E-state index in [-0.39, 0.29) is 0 Å². The van der Waals surface area contributed by atoms with E-state index in [1.807, 2.05) is 47.9 Å². The number of aromatic nitrogens is 2. The Balaban J connectivity index is 1.81. The lowest BCUT2D eigenvalue weighted by Gasteiger charge is -1.94. The maximum Gasteiger partial charge on any atom is 0.250 e. The number of thiophene rings is 1. The van der Waals surface area contributed by atoms with Crippen molar-refractivity contribution in [2.24, 2.45) is 0 Å². The molecule has 1 aromatic carbocycles. The first kappa shape index (κ1) is 11.7. The quantitative estimate of drug-likeness (QED) is 0.738. The minimum absolute atomic E-state index is 0.478. The van der Waals surface area contributed by atoms with E-state index in [4.69, 9.17) is 10.3 Å². The molecule has 0 bridgehead atoms. The molecular formula is C14H11N3OS. The van der Waals surface area contributed by atoms with Gasteiger partial charge in [-0.25, -0.2) is 0 Å². The summed E-state index contributed by atoms with van der Waals surface area (Å²) in [4.78, 5) is 5.30. The van der Waals surface area contributed by atoms with Gasteiger partial charge in [0, 0.05) is 11.8 Å². The molecule has 0 amide bonds. The number of nitrogen functional groups attached to an aromatic ring is 1. The minimum atomic E-state index is 0.478. The van der Waals surface area contributed by atoms with Crippen molar-refractivity contribution >= 4 is 29.2 Å². The monoisotopic (exact) mass is 269 g/mol. The largest absolute Gasteiger partial charge is 0.399 e. The van der Waals surface area contributed by atoms with Gasteiger partial charge in [-0.1, -0.05) is 23.4 Å². The van der Waals surface area contributed by atoms with E-state index < -0.39 is 0 Å². The molecular weight excluding hydrogens is 258 g/mol. The van der Waals surface area contributed by atoms with Crippen LogP contribution >= 0.6 is 11.3 Å². The number of benzene rings is 1. The molecule has 0 unspecified atom stereocenters. The van der Waals surface area contributed by atoms with Crippen LogP contribution in [0.1, 0.15) is 11.5 Å². The van der Waals surface area contributed by atoms with Gasteiger partial charge in [-0.05, 0) is 35.2 Å². The maximum absolute atomic E-state index is 5.71. The van der Waals surface area contributed by atoms with E-state index in [9.17, 15) is 0 Å². The van der Waals surface area contributed by atoms with Gasteiger partial charge in [-0.3, -0.25) is 0 Å². The Labute approximate surface area is 114 Å². The average molecular weight is 269 g/mol. The van der Waals surface area contributed by atoms with Crippen molar-refractivity contribution in [2.45, 2.75) is 0 Å². The van der Waals surface area contributed by atoms with Crippen LogP contribution in [0, 0.1) is 0 Å². The smallest absolute Gasteiger partial charge is 0.250 e. The Hall–Kier alpha value is -2.40. The summed E-state index contributed by atoms with van der Waals surface area (Å²) in [5, 5.41) is 5.92. The summed E-state index contributed by atoms with van der Waals surface area (Å²) in [7, 11) is 0. The van der Waals surface area contributed by atoms with Gasteiger partial charge in [-0.15, -0.1) is 11.3 Å². The molecule has 2 heterocycles. The SMILES string of the molecule is Nc1cccc(/C=C/c2nc(-c3cccs3)no2)c1. The lowest BCUT2D eigenvalue weighted by molar-refractivity contribution is 0.411. The third-order valence-corrected chi connectivity index (χ3v) is 3.38. The van der Waals surface area contributed by atoms with Crippen molar-refractivity contribution in [3.8, 4) is 10.7 Å². The van der Waals surface area contributed by atoms with Gasteiger partial charge < -0.3 is 10.3 Å². The van der Waals surface area contributed by atoms with Crippen LogP contribution in [0.15, 0.2) is 46.3 Å². The third kappa shape index (κ3) is 2.71. The second kappa shape index (κ2) is 5.07. The van der Waals surface area contributed by atoms with Crippen LogP contribution in [0.25, 0.3) is 22.9 Å². The molecule has 0 fully saturated rings. The lowest BCUT2D eigenvalue weighted by Crippen LogP contribution is -1.83. The molecule has 2 aromatic heterocycles. The summed E-state index contributed by atoms with van der Waals surface area (Å²) >= 11 is 1.58. The molecule has 0 saturated carbocycles. The normalized spacial score (nSPS) is 11.2. The Morgan fingerprint density at radius 1 is 1.16 bits per heavy atom. The molecule has 94 valence electrons. The Kier molecular flexibility index (Phi) is 3.12. The zero-order valence-corrected chi connectivity index (χ0v) is 10.8. The first-order valence-electron chi connectivity index (χ1n) is 5.72. The van der Waals surface area contributed by atoms with Crippen LogP contribution in [-0.4, -0.2) is 10.1 Å². The molecule has 4 nitrogen and oxygen atoms in total. The van der Waals surface area contributed by atoms with Gasteiger partial charge in [0.25, 0.3) is 5.89 Å². The predicted molar refractivity (Wildman–Crippen MR) is 77.4 cm³/mol. The number of nitrogens with zero attached hydrogens (tertiary/aromatic N) is 2. The van der Waals surface area contributed by atoms with Gasteiger partial charge in [-0.2, -0.15) is 4.98 Å². The van der Waals surface area contributed by atoms with Crippen molar-refractivity contribution in [2.75, 3.05) is 5.73 Å². The maximum atomic E-state index is 5.71. The van der Waals surface area contributed by atoms with E-state index in [1.165, 1.54) is 0 Å². The highest BCUT2D eigenvalue weighted by Crippen LogP contribution is 2.21. The minimum Gasteiger partial charge on any atom is -0.399 e. The number of anilines is 1. The second-order valence-corrected chi connectivity index (χ2v) is 4.88. The summed E-state index contributed by atoms with van der Waals surface area (Å²) in [5.41, 5.74) is 7.44. The molecule has 0 aliphatic carbocycles. The molecule has 5 heteroatoms. The van der Waals surface area contributed by atoms with Crippen LogP contribution in [0.4, 0.5) is 5.69 Å². The predicted octanol–water partition coefficient (Wildman–Crippen LogP) is 3.55. The Bertz CT molecular complexity index is 701. The van der Waals surface area contributed by atoms with Crippen LogP contribution < -0.4 is 5.73 Å². The highest BCUT2D eigenvalue weighted by molar-refractivity contribution is 7.13. The van der Waals surface area contributed by atoms with Crippen molar-refractivity contribution in [1.82, 2.24) is 10.1 Å². The van der Waals surface area contributed by atoms with Crippen LogP contribution in [0.5, 0.6) is 0 Å². The van der Waals surface area contributed by atoms with Gasteiger partial charge in [0.1, 0.15) is 0 Å². The fourth-order valence-corrected chi connectivity index (χ4v) is 2.29. The summed E-state index contributed by atoms with van der Waals surface area (Å²) in [6, 6.07) is 11.5. The average Bonchev–Trinajstić information content (AvgIpc) is 3.07. The second-order valence-electron chi connectivity index (χ2n) is 3.94. The number of nitrogens with two attached hydrogens (primary N) is 1. The van der Waals surface area contributed by atoms with E-state index >= 15 is 0 Å². The summed E-state index contributed by atoms with van der Waals surface area (Å²) in [5.74, 6) is 1.09. The molecule has 0 spiro atoms. The first-order valence-corrected chi connectivity index (χ1v) is 6.60. The van der Waals surface area contributed by atoms with E-state index in [2.05, 4.69) is 10.1 Å². The Morgan fingerprint density at radius 3 is 2.89 bits per heavy atom. The molecule has 0 saturated heterocycles. The zero-order valence-electron chi connectivity index (χ0n) is 9.98. The zero-order chi connectivity index (χ0) is 13.1. The summed E-state index contributed by atoms with van der Waals surface area (Å²) in [6.07, 6.45) is 3.67. The molecule has 19 heavy (non-hydrogen) atoms.